The summed E-state index contributed by atoms with van der Waals surface area (Å²) < 4.78 is 27.5. The fourth-order valence-electron chi connectivity index (χ4n) is 2.21. The van der Waals surface area contributed by atoms with Gasteiger partial charge in [-0.05, 0) is 35.0 Å². The van der Waals surface area contributed by atoms with Crippen LogP contribution in [-0.4, -0.2) is 50.9 Å². The number of nitrogens with one attached hydrogen (secondary N) is 1. The van der Waals surface area contributed by atoms with Crippen molar-refractivity contribution in [3.05, 3.63) is 15.9 Å². The van der Waals surface area contributed by atoms with Gasteiger partial charge in [0, 0.05) is 0 Å². The minimum Gasteiger partial charge on any atom is -0.365 e. The molecule has 1 aliphatic heterocycles. The molecule has 0 aromatic carbocycles. The van der Waals surface area contributed by atoms with E-state index in [0.717, 1.165) is 8.69 Å². The summed E-state index contributed by atoms with van der Waals surface area (Å²) in [4.78, 5) is 12.2. The molecule has 0 unspecified atom stereocenters. The number of piperazine rings is 1. The Morgan fingerprint density at radius 3 is 2.50 bits per heavy atom. The molecule has 1 saturated heterocycles. The van der Waals surface area contributed by atoms with Crippen molar-refractivity contribution in [2.45, 2.75) is 17.2 Å². The zero-order chi connectivity index (χ0) is 14.9. The number of carbonyl (C=O) groups is 1. The summed E-state index contributed by atoms with van der Waals surface area (Å²) in [5, 5.41) is 0. The maximum atomic E-state index is 12.4. The van der Waals surface area contributed by atoms with Gasteiger partial charge >= 0.3 is 0 Å². The van der Waals surface area contributed by atoms with Crippen molar-refractivity contribution in [1.82, 2.24) is 4.31 Å². The van der Waals surface area contributed by atoms with Crippen molar-refractivity contribution in [3.63, 3.8) is 0 Å². The van der Waals surface area contributed by atoms with Crippen molar-refractivity contribution >= 4 is 43.2 Å². The third-order valence-corrected chi connectivity index (χ3v) is 7.54. The normalized spacial score (nSPS) is 19.9. The Morgan fingerprint density at radius 1 is 1.45 bits per heavy atom. The third-order valence-electron chi connectivity index (χ3n) is 3.55. The molecule has 112 valence electrons. The first kappa shape index (κ1) is 15.9. The van der Waals surface area contributed by atoms with Gasteiger partial charge in [-0.2, -0.15) is 4.31 Å². The van der Waals surface area contributed by atoms with Crippen molar-refractivity contribution in [1.29, 1.82) is 0 Å². The van der Waals surface area contributed by atoms with Crippen molar-refractivity contribution in [2.75, 3.05) is 26.2 Å². The third kappa shape index (κ3) is 3.22. The molecule has 9 heteroatoms. The quantitative estimate of drug-likeness (QED) is 0.719. The van der Waals surface area contributed by atoms with Gasteiger partial charge in [0.05, 0.1) is 30.0 Å². The second-order valence-corrected chi connectivity index (χ2v) is 9.37. The minimum absolute atomic E-state index is 0.282. The van der Waals surface area contributed by atoms with Crippen molar-refractivity contribution in [3.8, 4) is 0 Å². The van der Waals surface area contributed by atoms with Crippen LogP contribution in [0, 0.1) is 0 Å². The SMILES string of the molecule is C[C@H](C(N)=O)[NH+]1CCN(S(=O)(=O)c2ccc(Br)s2)CC1. The van der Waals surface area contributed by atoms with Gasteiger partial charge in [0.25, 0.3) is 15.9 Å². The number of sulfonamides is 1. The number of nitrogens with zero attached hydrogens (tertiary/aromatic N) is 1. The maximum Gasteiger partial charge on any atom is 0.275 e. The number of quaternary nitrogens is 1. The van der Waals surface area contributed by atoms with Crippen LogP contribution in [-0.2, 0) is 14.8 Å². The van der Waals surface area contributed by atoms with Gasteiger partial charge in [-0.15, -0.1) is 11.3 Å². The fraction of sp³-hybridized carbons (Fsp3) is 0.545. The van der Waals surface area contributed by atoms with Gasteiger partial charge in [0.15, 0.2) is 6.04 Å². The number of carbonyl (C=O) groups excluding carboxylic acids is 1. The highest BCUT2D eigenvalue weighted by Crippen LogP contribution is 2.28. The predicted octanol–water partition coefficient (Wildman–Crippen LogP) is -0.726. The number of amides is 1. The number of primary amides is 1. The Morgan fingerprint density at radius 2 is 2.05 bits per heavy atom. The Balaban J connectivity index is 2.05. The minimum atomic E-state index is -3.42. The monoisotopic (exact) mass is 382 g/mol. The van der Waals surface area contributed by atoms with E-state index in [1.54, 1.807) is 19.1 Å². The number of nitrogens with two attached hydrogens (primary N) is 1. The molecule has 0 spiro atoms. The molecule has 2 heterocycles. The van der Waals surface area contributed by atoms with E-state index in [1.165, 1.54) is 15.6 Å². The first-order valence-electron chi connectivity index (χ1n) is 6.22. The van der Waals surface area contributed by atoms with Gasteiger partial charge in [0.2, 0.25) is 0 Å². The van der Waals surface area contributed by atoms with E-state index in [4.69, 9.17) is 5.73 Å². The molecular weight excluding hydrogens is 366 g/mol. The van der Waals surface area contributed by atoms with Crippen LogP contribution in [0.1, 0.15) is 6.92 Å². The smallest absolute Gasteiger partial charge is 0.275 e. The number of rotatable bonds is 4. The number of hydrogen-bond donors (Lipinski definition) is 2. The van der Waals surface area contributed by atoms with Gasteiger partial charge in [-0.25, -0.2) is 8.42 Å². The summed E-state index contributed by atoms with van der Waals surface area (Å²) in [7, 11) is -3.42. The number of hydrogen-bond acceptors (Lipinski definition) is 4. The summed E-state index contributed by atoms with van der Waals surface area (Å²) in [6.45, 7) is 3.78. The standard InChI is InChI=1S/C11H16BrN3O3S2/c1-8(11(13)16)14-4-6-15(7-5-14)20(17,18)10-3-2-9(12)19-10/h2-3,8H,4-7H2,1H3,(H2,13,16)/p+1/t8-/m1/s1. The Bertz CT molecular complexity index is 594. The zero-order valence-electron chi connectivity index (χ0n) is 11.0. The Kier molecular flexibility index (Phi) is 4.85. The average molecular weight is 383 g/mol. The molecule has 6 nitrogen and oxygen atoms in total. The summed E-state index contributed by atoms with van der Waals surface area (Å²) in [5.74, 6) is -0.349. The van der Waals surface area contributed by atoms with Gasteiger partial charge < -0.3 is 10.6 Å². The maximum absolute atomic E-state index is 12.4. The second kappa shape index (κ2) is 6.10. The van der Waals surface area contributed by atoms with Crippen LogP contribution in [0.2, 0.25) is 0 Å². The van der Waals surface area contributed by atoms with E-state index in [0.29, 0.717) is 30.4 Å². The van der Waals surface area contributed by atoms with Crippen LogP contribution in [0.15, 0.2) is 20.1 Å². The van der Waals surface area contributed by atoms with E-state index >= 15 is 0 Å². The lowest BCUT2D eigenvalue weighted by Crippen LogP contribution is -3.19. The van der Waals surface area contributed by atoms with Crippen LogP contribution >= 0.6 is 27.3 Å². The molecule has 1 aliphatic rings. The van der Waals surface area contributed by atoms with Crippen LogP contribution in [0.5, 0.6) is 0 Å². The lowest BCUT2D eigenvalue weighted by atomic mass is 10.2. The average Bonchev–Trinajstić information content (AvgIpc) is 2.85. The molecule has 0 bridgehead atoms. The predicted molar refractivity (Wildman–Crippen MR) is 80.1 cm³/mol. The van der Waals surface area contributed by atoms with E-state index in [9.17, 15) is 13.2 Å². The highest BCUT2D eigenvalue weighted by molar-refractivity contribution is 9.11. The first-order valence-corrected chi connectivity index (χ1v) is 9.26. The fourth-order valence-corrected chi connectivity index (χ4v) is 5.82. The van der Waals surface area contributed by atoms with E-state index in [-0.39, 0.29) is 11.9 Å². The largest absolute Gasteiger partial charge is 0.365 e. The van der Waals surface area contributed by atoms with E-state index in [2.05, 4.69) is 15.9 Å². The lowest BCUT2D eigenvalue weighted by Gasteiger charge is -2.33. The van der Waals surface area contributed by atoms with Gasteiger partial charge in [0.1, 0.15) is 4.21 Å². The van der Waals surface area contributed by atoms with E-state index < -0.39 is 10.0 Å². The summed E-state index contributed by atoms with van der Waals surface area (Å²) >= 11 is 4.48. The molecular formula is C11H17BrN3O3S2+. The topological polar surface area (TPSA) is 84.9 Å². The highest BCUT2D eigenvalue weighted by atomic mass is 79.9. The van der Waals surface area contributed by atoms with Crippen molar-refractivity contribution in [2.24, 2.45) is 5.73 Å². The van der Waals surface area contributed by atoms with Gasteiger partial charge in [-0.3, -0.25) is 4.79 Å². The molecule has 20 heavy (non-hydrogen) atoms. The summed E-state index contributed by atoms with van der Waals surface area (Å²) in [5.41, 5.74) is 5.29. The molecule has 1 aromatic rings. The molecule has 0 aliphatic carbocycles. The Hall–Kier alpha value is -0.480. The van der Waals surface area contributed by atoms with Crippen LogP contribution in [0.4, 0.5) is 0 Å². The summed E-state index contributed by atoms with van der Waals surface area (Å²) in [6, 6.07) is 3.06. The zero-order valence-corrected chi connectivity index (χ0v) is 14.2. The lowest BCUT2D eigenvalue weighted by molar-refractivity contribution is -0.917. The summed E-state index contributed by atoms with van der Waals surface area (Å²) in [6.07, 6.45) is 0. The molecule has 1 atom stereocenters. The van der Waals surface area contributed by atoms with Crippen LogP contribution < -0.4 is 10.6 Å². The molecule has 2 rings (SSSR count). The molecule has 0 saturated carbocycles. The Labute approximate surface area is 130 Å². The molecule has 1 fully saturated rings. The van der Waals surface area contributed by atoms with Gasteiger partial charge in [-0.1, -0.05) is 0 Å². The van der Waals surface area contributed by atoms with Crippen LogP contribution in [0.3, 0.4) is 0 Å². The molecule has 1 aromatic heterocycles. The molecule has 1 amide bonds. The number of thiophene rings is 1. The van der Waals surface area contributed by atoms with E-state index in [1.807, 2.05) is 0 Å². The van der Waals surface area contributed by atoms with Crippen molar-refractivity contribution < 1.29 is 18.1 Å². The molecule has 3 N–H and O–H groups in total. The molecule has 0 radical (unpaired) electrons. The highest BCUT2D eigenvalue weighted by Gasteiger charge is 2.34. The number of halogens is 1. The first-order chi connectivity index (χ1) is 9.32. The van der Waals surface area contributed by atoms with Crippen LogP contribution in [0.25, 0.3) is 0 Å². The second-order valence-electron chi connectivity index (χ2n) is 4.74.